The fourth-order valence-electron chi connectivity index (χ4n) is 2.40. The van der Waals surface area contributed by atoms with Gasteiger partial charge in [-0.05, 0) is 61.5 Å². The molecule has 0 unspecified atom stereocenters. The molecule has 0 atom stereocenters. The van der Waals surface area contributed by atoms with Gasteiger partial charge in [0.15, 0.2) is 10.9 Å². The minimum absolute atomic E-state index is 0.0772. The van der Waals surface area contributed by atoms with Gasteiger partial charge < -0.3 is 10.1 Å². The fourth-order valence-corrected chi connectivity index (χ4v) is 3.28. The van der Waals surface area contributed by atoms with E-state index in [4.69, 9.17) is 17.0 Å². The maximum absolute atomic E-state index is 12.3. The van der Waals surface area contributed by atoms with E-state index < -0.39 is 10.8 Å². The zero-order chi connectivity index (χ0) is 19.4. The third-order valence-corrected chi connectivity index (χ3v) is 4.26. The minimum Gasteiger partial charge on any atom is -0.490 e. The van der Waals surface area contributed by atoms with Crippen LogP contribution in [0.5, 0.6) is 5.75 Å². The van der Waals surface area contributed by atoms with E-state index in [1.807, 2.05) is 26.0 Å². The first kappa shape index (κ1) is 19.8. The number of carbonyl (C=O) groups is 1. The van der Waals surface area contributed by atoms with Crippen LogP contribution >= 0.6 is 28.1 Å². The van der Waals surface area contributed by atoms with Crippen LogP contribution in [0, 0.1) is 24.0 Å². The van der Waals surface area contributed by atoms with Crippen molar-refractivity contribution in [2.24, 2.45) is 0 Å². The molecule has 0 fully saturated rings. The molecule has 7 nitrogen and oxygen atoms in total. The van der Waals surface area contributed by atoms with Gasteiger partial charge in [-0.2, -0.15) is 0 Å². The zero-order valence-corrected chi connectivity index (χ0v) is 16.7. The molecule has 9 heteroatoms. The Morgan fingerprint density at radius 1 is 1.23 bits per heavy atom. The van der Waals surface area contributed by atoms with Gasteiger partial charge in [-0.15, -0.1) is 0 Å². The summed E-state index contributed by atoms with van der Waals surface area (Å²) in [5.74, 6) is -0.478. The standard InChI is InChI=1S/C17H16BrN3O4S/c1-9-6-12(18)7-10(2)15(9)19-17(26)20-16(22)11-4-5-14(25-3)13(8-11)21(23)24/h4-8H,1-3H3,(H2,19,20,22,26). The van der Waals surface area contributed by atoms with Gasteiger partial charge >= 0.3 is 5.69 Å². The Morgan fingerprint density at radius 3 is 2.38 bits per heavy atom. The molecule has 0 saturated heterocycles. The van der Waals surface area contributed by atoms with E-state index in [1.54, 1.807) is 0 Å². The normalized spacial score (nSPS) is 10.2. The van der Waals surface area contributed by atoms with Crippen molar-refractivity contribution in [1.29, 1.82) is 0 Å². The first-order valence-electron chi connectivity index (χ1n) is 7.44. The van der Waals surface area contributed by atoms with Crippen LogP contribution in [0.1, 0.15) is 21.5 Å². The van der Waals surface area contributed by atoms with Crippen LogP contribution < -0.4 is 15.4 Å². The van der Waals surface area contributed by atoms with E-state index in [9.17, 15) is 14.9 Å². The number of rotatable bonds is 4. The SMILES string of the molecule is COc1ccc(C(=O)NC(=S)Nc2c(C)cc(Br)cc2C)cc1[N+](=O)[O-]. The number of aryl methyl sites for hydroxylation is 2. The van der Waals surface area contributed by atoms with E-state index in [0.29, 0.717) is 0 Å². The number of amides is 1. The van der Waals surface area contributed by atoms with Gasteiger partial charge in [0.1, 0.15) is 0 Å². The number of ether oxygens (including phenoxy) is 1. The van der Waals surface area contributed by atoms with Crippen LogP contribution in [0.25, 0.3) is 0 Å². The highest BCUT2D eigenvalue weighted by Gasteiger charge is 2.19. The molecule has 0 aliphatic heterocycles. The number of carbonyl (C=O) groups excluding carboxylic acids is 1. The van der Waals surface area contributed by atoms with Crippen LogP contribution in [0.2, 0.25) is 0 Å². The lowest BCUT2D eigenvalue weighted by molar-refractivity contribution is -0.385. The minimum atomic E-state index is -0.610. The summed E-state index contributed by atoms with van der Waals surface area (Å²) in [7, 11) is 1.32. The molecule has 2 aromatic rings. The molecule has 0 aromatic heterocycles. The average molecular weight is 438 g/mol. The summed E-state index contributed by atoms with van der Waals surface area (Å²) in [6.07, 6.45) is 0. The van der Waals surface area contributed by atoms with Crippen molar-refractivity contribution in [3.63, 3.8) is 0 Å². The highest BCUT2D eigenvalue weighted by molar-refractivity contribution is 9.10. The third-order valence-electron chi connectivity index (χ3n) is 3.60. The summed E-state index contributed by atoms with van der Waals surface area (Å²) >= 11 is 8.60. The van der Waals surface area contributed by atoms with Crippen molar-refractivity contribution in [2.45, 2.75) is 13.8 Å². The first-order chi connectivity index (χ1) is 12.2. The number of nitro groups is 1. The summed E-state index contributed by atoms with van der Waals surface area (Å²) in [4.78, 5) is 22.8. The lowest BCUT2D eigenvalue weighted by atomic mass is 10.1. The maximum atomic E-state index is 12.3. The molecule has 0 saturated carbocycles. The summed E-state index contributed by atoms with van der Waals surface area (Å²) in [6.45, 7) is 3.83. The van der Waals surface area contributed by atoms with Crippen LogP contribution in [-0.2, 0) is 0 Å². The topological polar surface area (TPSA) is 93.5 Å². The Morgan fingerprint density at radius 2 is 1.85 bits per heavy atom. The van der Waals surface area contributed by atoms with E-state index in [1.165, 1.54) is 19.2 Å². The van der Waals surface area contributed by atoms with Gasteiger partial charge in [0.2, 0.25) is 0 Å². The fraction of sp³-hybridized carbons (Fsp3) is 0.176. The second kappa shape index (κ2) is 8.24. The summed E-state index contributed by atoms with van der Waals surface area (Å²) in [6, 6.07) is 7.79. The maximum Gasteiger partial charge on any atom is 0.311 e. The smallest absolute Gasteiger partial charge is 0.311 e. The van der Waals surface area contributed by atoms with Crippen molar-refractivity contribution in [1.82, 2.24) is 5.32 Å². The van der Waals surface area contributed by atoms with E-state index in [-0.39, 0.29) is 22.1 Å². The number of hydrogen-bond acceptors (Lipinski definition) is 5. The van der Waals surface area contributed by atoms with Crippen molar-refractivity contribution < 1.29 is 14.5 Å². The number of nitro benzene ring substituents is 1. The van der Waals surface area contributed by atoms with Crippen LogP contribution in [0.4, 0.5) is 11.4 Å². The Bertz CT molecular complexity index is 879. The number of benzene rings is 2. The molecular formula is C17H16BrN3O4S. The van der Waals surface area contributed by atoms with Gasteiger partial charge in [-0.3, -0.25) is 20.2 Å². The third kappa shape index (κ3) is 4.55. The molecule has 0 radical (unpaired) electrons. The molecule has 2 rings (SSSR count). The molecule has 1 amide bonds. The molecule has 2 N–H and O–H groups in total. The summed E-state index contributed by atoms with van der Waals surface area (Å²) in [5, 5.41) is 16.7. The van der Waals surface area contributed by atoms with E-state index in [0.717, 1.165) is 27.4 Å². The van der Waals surface area contributed by atoms with Gasteiger partial charge in [-0.25, -0.2) is 0 Å². The molecule has 0 heterocycles. The van der Waals surface area contributed by atoms with Gasteiger partial charge in [0, 0.05) is 21.8 Å². The Kier molecular flexibility index (Phi) is 6.27. The van der Waals surface area contributed by atoms with Crippen molar-refractivity contribution >= 4 is 50.5 Å². The van der Waals surface area contributed by atoms with Gasteiger partial charge in [0.25, 0.3) is 5.91 Å². The average Bonchev–Trinajstić information content (AvgIpc) is 2.57. The predicted molar refractivity (Wildman–Crippen MR) is 107 cm³/mol. The van der Waals surface area contributed by atoms with Crippen molar-refractivity contribution in [3.8, 4) is 5.75 Å². The second-order valence-corrected chi connectivity index (χ2v) is 6.79. The molecule has 0 aliphatic rings. The Hall–Kier alpha value is -2.52. The highest BCUT2D eigenvalue weighted by atomic mass is 79.9. The van der Waals surface area contributed by atoms with Crippen molar-refractivity contribution in [2.75, 3.05) is 12.4 Å². The number of thiocarbonyl (C=S) groups is 1. The first-order valence-corrected chi connectivity index (χ1v) is 8.64. The summed E-state index contributed by atoms with van der Waals surface area (Å²) < 4.78 is 5.87. The second-order valence-electron chi connectivity index (χ2n) is 5.47. The monoisotopic (exact) mass is 437 g/mol. The molecule has 0 bridgehead atoms. The number of anilines is 1. The molecule has 0 aliphatic carbocycles. The molecule has 136 valence electrons. The van der Waals surface area contributed by atoms with Gasteiger partial charge in [-0.1, -0.05) is 15.9 Å². The van der Waals surface area contributed by atoms with Crippen LogP contribution in [0.15, 0.2) is 34.8 Å². The van der Waals surface area contributed by atoms with Crippen LogP contribution in [0.3, 0.4) is 0 Å². The number of nitrogens with zero attached hydrogens (tertiary/aromatic N) is 1. The number of methoxy groups -OCH3 is 1. The lowest BCUT2D eigenvalue weighted by Gasteiger charge is -2.15. The molecule has 2 aromatic carbocycles. The quantitative estimate of drug-likeness (QED) is 0.424. The lowest BCUT2D eigenvalue weighted by Crippen LogP contribution is -2.34. The van der Waals surface area contributed by atoms with Gasteiger partial charge in [0.05, 0.1) is 12.0 Å². The van der Waals surface area contributed by atoms with E-state index in [2.05, 4.69) is 26.6 Å². The Labute approximate surface area is 164 Å². The molecule has 0 spiro atoms. The van der Waals surface area contributed by atoms with Crippen LogP contribution in [-0.4, -0.2) is 23.1 Å². The molecule has 26 heavy (non-hydrogen) atoms. The van der Waals surface area contributed by atoms with E-state index >= 15 is 0 Å². The number of halogens is 1. The molecular weight excluding hydrogens is 422 g/mol. The number of nitrogens with one attached hydrogen (secondary N) is 2. The largest absolute Gasteiger partial charge is 0.490 e. The summed E-state index contributed by atoms with van der Waals surface area (Å²) in [5.41, 5.74) is 2.51. The highest BCUT2D eigenvalue weighted by Crippen LogP contribution is 2.28. The number of hydrogen-bond donors (Lipinski definition) is 2. The van der Waals surface area contributed by atoms with Crippen molar-refractivity contribution in [3.05, 3.63) is 61.6 Å². The Balaban J connectivity index is 2.16. The zero-order valence-electron chi connectivity index (χ0n) is 14.3. The predicted octanol–water partition coefficient (Wildman–Crippen LogP) is 4.11.